The normalized spacial score (nSPS) is 20.0. The molecule has 52 heavy (non-hydrogen) atoms. The predicted molar refractivity (Wildman–Crippen MR) is 192 cm³/mol. The topological polar surface area (TPSA) is 138 Å². The predicted octanol–water partition coefficient (Wildman–Crippen LogP) is 7.12. The Kier molecular flexibility index (Phi) is 14.0. The monoisotopic (exact) mass is 768 g/mol. The van der Waals surface area contributed by atoms with Crippen molar-refractivity contribution in [3.8, 4) is 5.75 Å². The van der Waals surface area contributed by atoms with Gasteiger partial charge in [0.15, 0.2) is 0 Å². The average Bonchev–Trinajstić information content (AvgIpc) is 3.09. The minimum absolute atomic E-state index is 0.0140. The van der Waals surface area contributed by atoms with E-state index >= 15 is 0 Å². The molecule has 0 fully saturated rings. The first-order valence-corrected chi connectivity index (χ1v) is 18.6. The van der Waals surface area contributed by atoms with E-state index in [0.29, 0.717) is 24.5 Å². The van der Waals surface area contributed by atoms with Gasteiger partial charge in [-0.05, 0) is 99.8 Å². The quantitative estimate of drug-likeness (QED) is 0.222. The standard InChI is InChI=1S/C36H44ClF3N4O7S/c1-23-20-44(24(2)22-45)34(46)31-19-29(42-35(47)41-28-12-8-26(9-13-28)36(38,39)40)14-17-32(31)51-25(3)7-5-6-18-50-33(23)21-43(4)52(48,49)30-15-10-27(37)11-16-30/h8-17,19,23-25,33,45H,5-7,18,20-22H2,1-4H3,(H2,41,42,47)/t23-,24-,25+,33+/m1/s1. The van der Waals surface area contributed by atoms with Crippen molar-refractivity contribution in [3.05, 3.63) is 82.9 Å². The van der Waals surface area contributed by atoms with E-state index in [9.17, 15) is 36.3 Å². The molecule has 0 bridgehead atoms. The molecule has 4 atom stereocenters. The van der Waals surface area contributed by atoms with Crippen LogP contribution in [-0.2, 0) is 20.9 Å². The summed E-state index contributed by atoms with van der Waals surface area (Å²) in [5, 5.41) is 15.7. The van der Waals surface area contributed by atoms with Crippen LogP contribution < -0.4 is 15.4 Å². The van der Waals surface area contributed by atoms with E-state index < -0.39 is 51.8 Å². The van der Waals surface area contributed by atoms with E-state index in [2.05, 4.69) is 10.6 Å². The molecule has 4 rings (SSSR count). The summed E-state index contributed by atoms with van der Waals surface area (Å²) in [5.74, 6) is -0.671. The third-order valence-electron chi connectivity index (χ3n) is 8.74. The molecule has 3 aromatic carbocycles. The number of carbonyl (C=O) groups excluding carboxylic acids is 2. The summed E-state index contributed by atoms with van der Waals surface area (Å²) in [6.45, 7) is 5.40. The van der Waals surface area contributed by atoms with Crippen LogP contribution in [0, 0.1) is 5.92 Å². The summed E-state index contributed by atoms with van der Waals surface area (Å²) in [4.78, 5) is 28.7. The van der Waals surface area contributed by atoms with Crippen molar-refractivity contribution >= 4 is 44.9 Å². The number of nitrogens with one attached hydrogen (secondary N) is 2. The molecule has 3 aromatic rings. The maximum atomic E-state index is 14.4. The Morgan fingerprint density at radius 3 is 2.31 bits per heavy atom. The first kappa shape index (κ1) is 40.9. The number of ether oxygens (including phenoxy) is 2. The molecule has 0 spiro atoms. The Labute approximate surface area is 307 Å². The highest BCUT2D eigenvalue weighted by Gasteiger charge is 2.33. The van der Waals surface area contributed by atoms with Gasteiger partial charge in [0.2, 0.25) is 10.0 Å². The first-order chi connectivity index (χ1) is 24.5. The molecule has 3 N–H and O–H groups in total. The van der Waals surface area contributed by atoms with Crippen molar-refractivity contribution in [2.75, 3.05) is 44.0 Å². The Balaban J connectivity index is 1.60. The van der Waals surface area contributed by atoms with Gasteiger partial charge in [0.1, 0.15) is 5.75 Å². The molecule has 11 nitrogen and oxygen atoms in total. The van der Waals surface area contributed by atoms with Crippen LogP contribution in [0.3, 0.4) is 0 Å². The van der Waals surface area contributed by atoms with Crippen molar-refractivity contribution in [2.45, 2.75) is 69.4 Å². The van der Waals surface area contributed by atoms with Gasteiger partial charge in [-0.3, -0.25) is 4.79 Å². The summed E-state index contributed by atoms with van der Waals surface area (Å²) in [7, 11) is -2.44. The zero-order valence-corrected chi connectivity index (χ0v) is 30.9. The highest BCUT2D eigenvalue weighted by Crippen LogP contribution is 2.31. The molecule has 0 unspecified atom stereocenters. The molecule has 1 aliphatic heterocycles. The smallest absolute Gasteiger partial charge is 0.416 e. The number of alkyl halides is 3. The molecule has 0 radical (unpaired) electrons. The minimum atomic E-state index is -4.52. The number of hydrogen-bond acceptors (Lipinski definition) is 7. The maximum Gasteiger partial charge on any atom is 0.416 e. The lowest BCUT2D eigenvalue weighted by atomic mass is 10.0. The van der Waals surface area contributed by atoms with Gasteiger partial charge in [-0.25, -0.2) is 13.2 Å². The molecule has 0 saturated heterocycles. The number of carbonyl (C=O) groups is 2. The van der Waals surface area contributed by atoms with Gasteiger partial charge < -0.3 is 30.1 Å². The van der Waals surface area contributed by atoms with Gasteiger partial charge in [0.25, 0.3) is 5.91 Å². The number of halogens is 4. The number of aliphatic hydroxyl groups excluding tert-OH is 1. The number of fused-ring (bicyclic) bond motifs is 1. The van der Waals surface area contributed by atoms with Crippen molar-refractivity contribution in [1.82, 2.24) is 9.21 Å². The van der Waals surface area contributed by atoms with Crippen LogP contribution in [0.15, 0.2) is 71.6 Å². The molecular formula is C36H44ClF3N4O7S. The molecule has 284 valence electrons. The number of urea groups is 1. The molecule has 0 aromatic heterocycles. The highest BCUT2D eigenvalue weighted by atomic mass is 35.5. The van der Waals surface area contributed by atoms with Crippen LogP contribution in [-0.4, -0.2) is 86.3 Å². The van der Waals surface area contributed by atoms with Crippen molar-refractivity contribution < 1.29 is 45.8 Å². The second-order valence-electron chi connectivity index (χ2n) is 12.9. The van der Waals surface area contributed by atoms with Gasteiger partial charge in [-0.1, -0.05) is 18.5 Å². The van der Waals surface area contributed by atoms with E-state index in [1.54, 1.807) is 13.0 Å². The maximum absolute atomic E-state index is 14.4. The number of nitrogens with zero attached hydrogens (tertiary/aromatic N) is 2. The van der Waals surface area contributed by atoms with Gasteiger partial charge in [-0.2, -0.15) is 17.5 Å². The van der Waals surface area contributed by atoms with Gasteiger partial charge in [0, 0.05) is 49.1 Å². The Morgan fingerprint density at radius 1 is 1.04 bits per heavy atom. The average molecular weight is 769 g/mol. The Hall–Kier alpha value is -3.89. The van der Waals surface area contributed by atoms with E-state index in [0.717, 1.165) is 30.7 Å². The fourth-order valence-electron chi connectivity index (χ4n) is 5.64. The van der Waals surface area contributed by atoms with Crippen LogP contribution in [0.1, 0.15) is 56.0 Å². The number of amides is 3. The van der Waals surface area contributed by atoms with Gasteiger partial charge >= 0.3 is 12.2 Å². The van der Waals surface area contributed by atoms with Crippen LogP contribution in [0.2, 0.25) is 5.02 Å². The van der Waals surface area contributed by atoms with Gasteiger partial charge in [0.05, 0.1) is 40.9 Å². The first-order valence-electron chi connectivity index (χ1n) is 16.8. The number of rotatable bonds is 8. The second-order valence-corrected chi connectivity index (χ2v) is 15.4. The summed E-state index contributed by atoms with van der Waals surface area (Å²) >= 11 is 5.97. The SMILES string of the molecule is C[C@@H]1CN([C@H](C)CO)C(=O)c2cc(NC(=O)Nc3ccc(C(F)(F)F)cc3)ccc2O[C@@H](C)CCCCO[C@H]1CN(C)S(=O)(=O)c1ccc(Cl)cc1. The molecular weight excluding hydrogens is 725 g/mol. The fraction of sp³-hybridized carbons (Fsp3) is 0.444. The highest BCUT2D eigenvalue weighted by molar-refractivity contribution is 7.89. The number of hydrogen-bond donors (Lipinski definition) is 3. The lowest BCUT2D eigenvalue weighted by Gasteiger charge is -2.35. The number of benzene rings is 3. The summed E-state index contributed by atoms with van der Waals surface area (Å²) < 4.78 is 79.4. The Morgan fingerprint density at radius 2 is 1.67 bits per heavy atom. The van der Waals surface area contributed by atoms with E-state index in [1.807, 2.05) is 13.8 Å². The number of anilines is 2. The fourth-order valence-corrected chi connectivity index (χ4v) is 6.95. The minimum Gasteiger partial charge on any atom is -0.490 e. The number of likely N-dealkylation sites (N-methyl/N-ethyl adjacent to an activating group) is 1. The van der Waals surface area contributed by atoms with Crippen LogP contribution >= 0.6 is 11.6 Å². The van der Waals surface area contributed by atoms with E-state index in [1.165, 1.54) is 52.7 Å². The zero-order valence-electron chi connectivity index (χ0n) is 29.3. The summed E-state index contributed by atoms with van der Waals surface area (Å²) in [6.07, 6.45) is -3.46. The molecule has 0 saturated carbocycles. The lowest BCUT2D eigenvalue weighted by molar-refractivity contribution is -0.137. The number of aliphatic hydroxyl groups is 1. The Bertz CT molecular complexity index is 1780. The second kappa shape index (κ2) is 17.8. The number of sulfonamides is 1. The summed E-state index contributed by atoms with van der Waals surface area (Å²) in [6, 6.07) is 12.9. The van der Waals surface area contributed by atoms with Crippen LogP contribution in [0.25, 0.3) is 0 Å². The molecule has 16 heteroatoms. The van der Waals surface area contributed by atoms with Crippen molar-refractivity contribution in [3.63, 3.8) is 0 Å². The third-order valence-corrected chi connectivity index (χ3v) is 10.8. The van der Waals surface area contributed by atoms with Crippen molar-refractivity contribution in [1.29, 1.82) is 0 Å². The van der Waals surface area contributed by atoms with Crippen molar-refractivity contribution in [2.24, 2.45) is 5.92 Å². The zero-order chi connectivity index (χ0) is 38.2. The largest absolute Gasteiger partial charge is 0.490 e. The molecule has 0 aliphatic carbocycles. The van der Waals surface area contributed by atoms with Gasteiger partial charge in [-0.15, -0.1) is 0 Å². The lowest BCUT2D eigenvalue weighted by Crippen LogP contribution is -2.48. The van der Waals surface area contributed by atoms with E-state index in [-0.39, 0.29) is 53.4 Å². The summed E-state index contributed by atoms with van der Waals surface area (Å²) in [5.41, 5.74) is -0.434. The van der Waals surface area contributed by atoms with Crippen LogP contribution in [0.4, 0.5) is 29.3 Å². The molecule has 1 heterocycles. The molecule has 3 amide bonds. The van der Waals surface area contributed by atoms with Crippen LogP contribution in [0.5, 0.6) is 5.75 Å². The van der Waals surface area contributed by atoms with E-state index in [4.69, 9.17) is 21.1 Å². The molecule has 1 aliphatic rings. The third kappa shape index (κ3) is 10.8.